The summed E-state index contributed by atoms with van der Waals surface area (Å²) in [6, 6.07) is 8.47. The minimum Gasteiger partial charge on any atom is -0.392 e. The van der Waals surface area contributed by atoms with Gasteiger partial charge in [-0.1, -0.05) is 50.3 Å². The quantitative estimate of drug-likeness (QED) is 0.774. The second-order valence-corrected chi connectivity index (χ2v) is 3.92. The van der Waals surface area contributed by atoms with Gasteiger partial charge in [-0.2, -0.15) is 0 Å². The first-order valence-corrected chi connectivity index (χ1v) is 5.08. The molecule has 0 heterocycles. The van der Waals surface area contributed by atoms with Crippen molar-refractivity contribution >= 4 is 6.08 Å². The summed E-state index contributed by atoms with van der Waals surface area (Å²) in [5.41, 5.74) is 2.52. The second-order valence-electron chi connectivity index (χ2n) is 3.92. The maximum atomic E-state index is 8.61. The number of benzene rings is 1. The Morgan fingerprint density at radius 2 is 1.86 bits per heavy atom. The van der Waals surface area contributed by atoms with E-state index in [1.807, 2.05) is 6.08 Å². The van der Waals surface area contributed by atoms with Gasteiger partial charge >= 0.3 is 0 Å². The molecule has 0 aliphatic carbocycles. The van der Waals surface area contributed by atoms with E-state index < -0.39 is 0 Å². The van der Waals surface area contributed by atoms with Crippen LogP contribution in [-0.2, 0) is 6.42 Å². The van der Waals surface area contributed by atoms with Gasteiger partial charge in [-0.05, 0) is 23.5 Å². The van der Waals surface area contributed by atoms with Crippen molar-refractivity contribution in [2.24, 2.45) is 5.92 Å². The summed E-state index contributed by atoms with van der Waals surface area (Å²) in [5.74, 6) is 0.703. The fourth-order valence-electron chi connectivity index (χ4n) is 1.43. The second kappa shape index (κ2) is 5.61. The molecule has 0 radical (unpaired) electrons. The zero-order valence-corrected chi connectivity index (χ0v) is 8.90. The van der Waals surface area contributed by atoms with Gasteiger partial charge in [0, 0.05) is 0 Å². The van der Waals surface area contributed by atoms with Crippen molar-refractivity contribution in [1.29, 1.82) is 0 Å². The number of aliphatic hydroxyl groups is 1. The van der Waals surface area contributed by atoms with E-state index in [-0.39, 0.29) is 6.61 Å². The zero-order chi connectivity index (χ0) is 10.4. The third-order valence-corrected chi connectivity index (χ3v) is 2.04. The van der Waals surface area contributed by atoms with E-state index >= 15 is 0 Å². The van der Waals surface area contributed by atoms with E-state index in [0.29, 0.717) is 5.92 Å². The lowest BCUT2D eigenvalue weighted by atomic mass is 10.0. The maximum absolute atomic E-state index is 8.61. The molecule has 0 saturated heterocycles. The molecule has 1 rings (SSSR count). The van der Waals surface area contributed by atoms with Crippen molar-refractivity contribution in [2.45, 2.75) is 20.3 Å². The Balaban J connectivity index is 2.64. The summed E-state index contributed by atoms with van der Waals surface area (Å²) in [4.78, 5) is 0. The van der Waals surface area contributed by atoms with E-state index in [2.05, 4.69) is 38.1 Å². The number of rotatable bonds is 4. The van der Waals surface area contributed by atoms with Crippen LogP contribution in [0, 0.1) is 5.92 Å². The lowest BCUT2D eigenvalue weighted by Gasteiger charge is -2.04. The first-order chi connectivity index (χ1) is 6.72. The number of hydrogen-bond acceptors (Lipinski definition) is 1. The molecule has 0 fully saturated rings. The lowest BCUT2D eigenvalue weighted by Crippen LogP contribution is -1.93. The van der Waals surface area contributed by atoms with Crippen LogP contribution >= 0.6 is 0 Å². The molecule has 1 aromatic rings. The zero-order valence-electron chi connectivity index (χ0n) is 8.90. The highest BCUT2D eigenvalue weighted by Crippen LogP contribution is 2.10. The molecular weight excluding hydrogens is 172 g/mol. The van der Waals surface area contributed by atoms with Crippen molar-refractivity contribution < 1.29 is 5.11 Å². The third-order valence-electron chi connectivity index (χ3n) is 2.04. The molecule has 0 bridgehead atoms. The van der Waals surface area contributed by atoms with E-state index in [0.717, 1.165) is 12.0 Å². The fraction of sp³-hybridized carbons (Fsp3) is 0.385. The molecule has 1 heteroatoms. The molecule has 0 spiro atoms. The van der Waals surface area contributed by atoms with Gasteiger partial charge < -0.3 is 5.11 Å². The van der Waals surface area contributed by atoms with E-state index in [4.69, 9.17) is 5.11 Å². The van der Waals surface area contributed by atoms with Crippen LogP contribution in [0.25, 0.3) is 6.08 Å². The third kappa shape index (κ3) is 3.75. The van der Waals surface area contributed by atoms with Crippen molar-refractivity contribution in [3.05, 3.63) is 41.5 Å². The molecule has 0 atom stereocenters. The summed E-state index contributed by atoms with van der Waals surface area (Å²) in [6.45, 7) is 4.55. The Morgan fingerprint density at radius 3 is 2.36 bits per heavy atom. The molecule has 1 nitrogen and oxygen atoms in total. The summed E-state index contributed by atoms with van der Waals surface area (Å²) in [6.07, 6.45) is 4.81. The highest BCUT2D eigenvalue weighted by atomic mass is 16.2. The Labute approximate surface area is 86.1 Å². The van der Waals surface area contributed by atoms with Gasteiger partial charge in [-0.3, -0.25) is 0 Å². The van der Waals surface area contributed by atoms with E-state index in [9.17, 15) is 0 Å². The van der Waals surface area contributed by atoms with Gasteiger partial charge in [0.15, 0.2) is 0 Å². The van der Waals surface area contributed by atoms with Crippen LogP contribution in [0.5, 0.6) is 0 Å². The molecule has 0 amide bonds. The average Bonchev–Trinajstić information content (AvgIpc) is 2.16. The standard InChI is InChI=1S/C13H18O/c1-11(2)10-13-7-5-12(6-8-13)4-3-9-14/h3-8,11,14H,9-10H2,1-2H3/b4-3+. The summed E-state index contributed by atoms with van der Waals surface area (Å²) in [7, 11) is 0. The molecule has 76 valence electrons. The SMILES string of the molecule is CC(C)Cc1ccc(/C=C/CO)cc1. The lowest BCUT2D eigenvalue weighted by molar-refractivity contribution is 0.343. The van der Waals surface area contributed by atoms with Crippen LogP contribution in [0.3, 0.4) is 0 Å². The normalized spacial score (nSPS) is 11.4. The molecule has 0 aliphatic heterocycles. The van der Waals surface area contributed by atoms with E-state index in [1.165, 1.54) is 5.56 Å². The topological polar surface area (TPSA) is 20.2 Å². The Hall–Kier alpha value is -1.08. The van der Waals surface area contributed by atoms with Crippen LogP contribution < -0.4 is 0 Å². The van der Waals surface area contributed by atoms with Crippen LogP contribution in [0.2, 0.25) is 0 Å². The van der Waals surface area contributed by atoms with Gasteiger partial charge in [-0.15, -0.1) is 0 Å². The van der Waals surface area contributed by atoms with Gasteiger partial charge in [0.1, 0.15) is 0 Å². The predicted octanol–water partition coefficient (Wildman–Crippen LogP) is 2.89. The highest BCUT2D eigenvalue weighted by molar-refractivity contribution is 5.49. The molecule has 0 unspecified atom stereocenters. The highest BCUT2D eigenvalue weighted by Gasteiger charge is 1.96. The minimum atomic E-state index is 0.105. The fourth-order valence-corrected chi connectivity index (χ4v) is 1.43. The van der Waals surface area contributed by atoms with Crippen LogP contribution in [0.15, 0.2) is 30.3 Å². The summed E-state index contributed by atoms with van der Waals surface area (Å²) in [5, 5.41) is 8.61. The van der Waals surface area contributed by atoms with Gasteiger partial charge in [0.05, 0.1) is 6.61 Å². The van der Waals surface area contributed by atoms with Crippen molar-refractivity contribution in [3.8, 4) is 0 Å². The van der Waals surface area contributed by atoms with Gasteiger partial charge in [-0.25, -0.2) is 0 Å². The number of aliphatic hydroxyl groups excluding tert-OH is 1. The van der Waals surface area contributed by atoms with Crippen molar-refractivity contribution in [2.75, 3.05) is 6.61 Å². The molecule has 14 heavy (non-hydrogen) atoms. The van der Waals surface area contributed by atoms with E-state index in [1.54, 1.807) is 6.08 Å². The minimum absolute atomic E-state index is 0.105. The average molecular weight is 190 g/mol. The Morgan fingerprint density at radius 1 is 1.21 bits per heavy atom. The first-order valence-electron chi connectivity index (χ1n) is 5.08. The largest absolute Gasteiger partial charge is 0.392 e. The molecule has 0 saturated carbocycles. The van der Waals surface area contributed by atoms with Crippen molar-refractivity contribution in [1.82, 2.24) is 0 Å². The Bertz CT molecular complexity index is 283. The van der Waals surface area contributed by atoms with Crippen LogP contribution in [-0.4, -0.2) is 11.7 Å². The molecule has 1 aromatic carbocycles. The Kier molecular flexibility index (Phi) is 4.41. The maximum Gasteiger partial charge on any atom is 0.0615 e. The van der Waals surface area contributed by atoms with Crippen LogP contribution in [0.1, 0.15) is 25.0 Å². The number of hydrogen-bond donors (Lipinski definition) is 1. The molecule has 1 N–H and O–H groups in total. The first kappa shape index (κ1) is 11.0. The summed E-state index contributed by atoms with van der Waals surface area (Å²) >= 11 is 0. The van der Waals surface area contributed by atoms with Crippen molar-refractivity contribution in [3.63, 3.8) is 0 Å². The van der Waals surface area contributed by atoms with Crippen LogP contribution in [0.4, 0.5) is 0 Å². The summed E-state index contributed by atoms with van der Waals surface area (Å²) < 4.78 is 0. The van der Waals surface area contributed by atoms with Gasteiger partial charge in [0.2, 0.25) is 0 Å². The van der Waals surface area contributed by atoms with Gasteiger partial charge in [0.25, 0.3) is 0 Å². The molecular formula is C13H18O. The monoisotopic (exact) mass is 190 g/mol. The smallest absolute Gasteiger partial charge is 0.0615 e. The molecule has 0 aromatic heterocycles. The molecule has 0 aliphatic rings. The predicted molar refractivity (Wildman–Crippen MR) is 61.1 cm³/mol.